The maximum atomic E-state index is 13.6. The number of piperidine rings is 1. The Bertz CT molecular complexity index is 1900. The van der Waals surface area contributed by atoms with E-state index in [0.29, 0.717) is 36.4 Å². The van der Waals surface area contributed by atoms with Crippen LogP contribution in [-0.2, 0) is 17.8 Å². The highest BCUT2D eigenvalue weighted by Crippen LogP contribution is 2.38. The van der Waals surface area contributed by atoms with Crippen LogP contribution in [0.25, 0.3) is 33.1 Å². The van der Waals surface area contributed by atoms with Gasteiger partial charge in [0, 0.05) is 59.2 Å². The number of carbonyl (C=O) groups is 1. The topological polar surface area (TPSA) is 85.7 Å². The lowest BCUT2D eigenvalue weighted by Crippen LogP contribution is -2.49. The number of aryl methyl sites for hydroxylation is 2. The summed E-state index contributed by atoms with van der Waals surface area (Å²) in [5, 5.41) is 1.75. The average Bonchev–Trinajstić information content (AvgIpc) is 3.37. The molecule has 196 valence electrons. The van der Waals surface area contributed by atoms with E-state index < -0.39 is 5.63 Å². The molecule has 2 aliphatic heterocycles. The summed E-state index contributed by atoms with van der Waals surface area (Å²) in [6.45, 7) is 5.54. The number of benzene rings is 2. The van der Waals surface area contributed by atoms with Crippen LogP contribution in [0.4, 0.5) is 0 Å². The number of hydrogen-bond donors (Lipinski definition) is 0. The molecule has 7 nitrogen and oxygen atoms in total. The second-order valence-electron chi connectivity index (χ2n) is 10.9. The molecular weight excluding hydrogens is 492 g/mol. The molecule has 7 rings (SSSR count). The number of aromatic nitrogens is 1. The van der Waals surface area contributed by atoms with Gasteiger partial charge in [-0.25, -0.2) is 4.79 Å². The number of amides is 1. The lowest BCUT2D eigenvalue weighted by atomic mass is 9.83. The van der Waals surface area contributed by atoms with Crippen molar-refractivity contribution in [3.05, 3.63) is 104 Å². The van der Waals surface area contributed by atoms with Gasteiger partial charge in [0.25, 0.3) is 5.56 Å². The number of hydrogen-bond acceptors (Lipinski definition) is 5. The van der Waals surface area contributed by atoms with Gasteiger partial charge in [0.2, 0.25) is 5.91 Å². The molecule has 5 heterocycles. The predicted octanol–water partition coefficient (Wildman–Crippen LogP) is 5.17. The summed E-state index contributed by atoms with van der Waals surface area (Å²) < 4.78 is 13.6. The van der Waals surface area contributed by atoms with Gasteiger partial charge in [-0.2, -0.15) is 0 Å². The third kappa shape index (κ3) is 3.75. The molecule has 0 spiro atoms. The minimum atomic E-state index is -0.486. The highest BCUT2D eigenvalue weighted by Gasteiger charge is 2.36. The number of furan rings is 1. The fourth-order valence-electron chi connectivity index (χ4n) is 6.60. The standard InChI is InChI=1S/C32H28N2O5/c1-18-23-12-25-26(21-7-4-3-5-8-21)17-38-30(25)19(2)31(23)39-32(37)24(18)13-29(36)33-14-20-11-22(16-33)27-9-6-10-28(35)34(27)15-20/h3-10,12,17,20,22H,11,13-16H2,1-2H3. The molecule has 1 saturated heterocycles. The Morgan fingerprint density at radius 1 is 0.923 bits per heavy atom. The van der Waals surface area contributed by atoms with E-state index in [1.165, 1.54) is 0 Å². The van der Waals surface area contributed by atoms with Gasteiger partial charge in [0.1, 0.15) is 11.2 Å². The van der Waals surface area contributed by atoms with Crippen LogP contribution in [0.1, 0.15) is 34.7 Å². The monoisotopic (exact) mass is 520 g/mol. The van der Waals surface area contributed by atoms with Crippen molar-refractivity contribution in [3.8, 4) is 11.1 Å². The molecule has 1 amide bonds. The van der Waals surface area contributed by atoms with Crippen molar-refractivity contribution < 1.29 is 13.6 Å². The molecule has 2 aliphatic rings. The van der Waals surface area contributed by atoms with Crippen LogP contribution in [0.5, 0.6) is 0 Å². The van der Waals surface area contributed by atoms with Crippen molar-refractivity contribution in [2.45, 2.75) is 39.2 Å². The Labute approximate surface area is 224 Å². The molecular formula is C32H28N2O5. The minimum absolute atomic E-state index is 0.0147. The van der Waals surface area contributed by atoms with Crippen molar-refractivity contribution in [1.29, 1.82) is 0 Å². The number of nitrogens with zero attached hydrogens (tertiary/aromatic N) is 2. The summed E-state index contributed by atoms with van der Waals surface area (Å²) in [6, 6.07) is 17.4. The second-order valence-corrected chi connectivity index (χ2v) is 10.9. The van der Waals surface area contributed by atoms with Crippen LogP contribution >= 0.6 is 0 Å². The van der Waals surface area contributed by atoms with Gasteiger partial charge in [-0.15, -0.1) is 0 Å². The first-order valence-corrected chi connectivity index (χ1v) is 13.4. The predicted molar refractivity (Wildman–Crippen MR) is 149 cm³/mol. The van der Waals surface area contributed by atoms with E-state index >= 15 is 0 Å². The third-order valence-electron chi connectivity index (χ3n) is 8.59. The molecule has 7 heteroatoms. The van der Waals surface area contributed by atoms with Gasteiger partial charge in [-0.05, 0) is 49.4 Å². The fourth-order valence-corrected chi connectivity index (χ4v) is 6.60. The Hall–Kier alpha value is -4.39. The van der Waals surface area contributed by atoms with Crippen LogP contribution < -0.4 is 11.2 Å². The molecule has 2 atom stereocenters. The van der Waals surface area contributed by atoms with Crippen molar-refractivity contribution in [1.82, 2.24) is 9.47 Å². The maximum Gasteiger partial charge on any atom is 0.340 e. The highest BCUT2D eigenvalue weighted by molar-refractivity contribution is 6.05. The van der Waals surface area contributed by atoms with Crippen LogP contribution in [0, 0.1) is 19.8 Å². The van der Waals surface area contributed by atoms with Crippen molar-refractivity contribution >= 4 is 27.8 Å². The Balaban J connectivity index is 1.25. The first-order valence-electron chi connectivity index (χ1n) is 13.4. The maximum absolute atomic E-state index is 13.6. The van der Waals surface area contributed by atoms with Gasteiger partial charge in [0.15, 0.2) is 0 Å². The molecule has 0 saturated carbocycles. The van der Waals surface area contributed by atoms with Gasteiger partial charge in [-0.1, -0.05) is 36.4 Å². The minimum Gasteiger partial charge on any atom is -0.463 e. The Kier molecular flexibility index (Phi) is 5.37. The molecule has 0 aliphatic carbocycles. The first-order chi connectivity index (χ1) is 18.9. The Morgan fingerprint density at radius 2 is 1.74 bits per heavy atom. The summed E-state index contributed by atoms with van der Waals surface area (Å²) in [5.41, 5.74) is 5.63. The van der Waals surface area contributed by atoms with Gasteiger partial charge < -0.3 is 18.3 Å². The summed E-state index contributed by atoms with van der Waals surface area (Å²) in [4.78, 5) is 41.0. The van der Waals surface area contributed by atoms with E-state index in [-0.39, 0.29) is 29.7 Å². The van der Waals surface area contributed by atoms with Crippen LogP contribution in [0.3, 0.4) is 0 Å². The van der Waals surface area contributed by atoms with E-state index in [1.807, 2.05) is 65.8 Å². The van der Waals surface area contributed by atoms with E-state index in [9.17, 15) is 14.4 Å². The smallest absolute Gasteiger partial charge is 0.340 e. The Morgan fingerprint density at radius 3 is 2.56 bits per heavy atom. The lowest BCUT2D eigenvalue weighted by Gasteiger charge is -2.42. The molecule has 2 bridgehead atoms. The highest BCUT2D eigenvalue weighted by atomic mass is 16.4. The number of likely N-dealkylation sites (tertiary alicyclic amines) is 1. The molecule has 0 N–H and O–H groups in total. The molecule has 0 radical (unpaired) electrons. The first kappa shape index (κ1) is 23.7. The average molecular weight is 521 g/mol. The molecule has 2 aromatic carbocycles. The number of fused-ring (bicyclic) bond motifs is 6. The van der Waals surface area contributed by atoms with Crippen molar-refractivity contribution in [3.63, 3.8) is 0 Å². The van der Waals surface area contributed by atoms with Crippen LogP contribution in [0.2, 0.25) is 0 Å². The van der Waals surface area contributed by atoms with E-state index in [1.54, 1.807) is 18.4 Å². The third-order valence-corrected chi connectivity index (χ3v) is 8.59. The summed E-state index contributed by atoms with van der Waals surface area (Å²) in [5.74, 6) is 0.262. The van der Waals surface area contributed by atoms with Crippen LogP contribution in [-0.4, -0.2) is 28.5 Å². The SMILES string of the molecule is Cc1c(CC(=O)N2CC3CC(C2)c2cccc(=O)n2C3)c(=O)oc2c(C)c3occ(-c4ccccc4)c3cc12. The number of carbonyl (C=O) groups excluding carboxylic acids is 1. The van der Waals surface area contributed by atoms with Crippen molar-refractivity contribution in [2.75, 3.05) is 13.1 Å². The van der Waals surface area contributed by atoms with E-state index in [4.69, 9.17) is 8.83 Å². The van der Waals surface area contributed by atoms with E-state index in [2.05, 4.69) is 0 Å². The normalized spacial score (nSPS) is 18.5. The zero-order valence-electron chi connectivity index (χ0n) is 21.9. The van der Waals surface area contributed by atoms with E-state index in [0.717, 1.165) is 45.1 Å². The fraction of sp³-hybridized carbons (Fsp3) is 0.281. The zero-order chi connectivity index (χ0) is 26.8. The molecule has 39 heavy (non-hydrogen) atoms. The molecule has 2 unspecified atom stereocenters. The van der Waals surface area contributed by atoms with Crippen LogP contribution in [0.15, 0.2) is 79.3 Å². The van der Waals surface area contributed by atoms with Gasteiger partial charge >= 0.3 is 5.63 Å². The van der Waals surface area contributed by atoms with Crippen molar-refractivity contribution in [2.24, 2.45) is 5.92 Å². The second kappa shape index (κ2) is 8.83. The van der Waals surface area contributed by atoms with Gasteiger partial charge in [0.05, 0.1) is 18.2 Å². The quantitative estimate of drug-likeness (QED) is 0.306. The number of pyridine rings is 1. The summed E-state index contributed by atoms with van der Waals surface area (Å²) in [7, 11) is 0. The molecule has 3 aromatic heterocycles. The largest absolute Gasteiger partial charge is 0.463 e. The summed E-state index contributed by atoms with van der Waals surface area (Å²) >= 11 is 0. The number of rotatable bonds is 3. The summed E-state index contributed by atoms with van der Waals surface area (Å²) in [6.07, 6.45) is 2.69. The zero-order valence-corrected chi connectivity index (χ0v) is 21.9. The molecule has 5 aromatic rings. The lowest BCUT2D eigenvalue weighted by molar-refractivity contribution is -0.133. The molecule has 1 fully saturated rings. The van der Waals surface area contributed by atoms with Gasteiger partial charge in [-0.3, -0.25) is 9.59 Å².